The zero-order chi connectivity index (χ0) is 14.1. The number of hydrogen-bond acceptors (Lipinski definition) is 4. The summed E-state index contributed by atoms with van der Waals surface area (Å²) in [5.41, 5.74) is 1.12. The Labute approximate surface area is 121 Å². The van der Waals surface area contributed by atoms with Crippen molar-refractivity contribution in [3.8, 4) is 5.75 Å². The molecule has 0 bridgehead atoms. The van der Waals surface area contributed by atoms with Gasteiger partial charge in [0, 0.05) is 23.7 Å². The fraction of sp³-hybridized carbons (Fsp3) is 0.267. The highest BCUT2D eigenvalue weighted by atomic mass is 32.2. The summed E-state index contributed by atoms with van der Waals surface area (Å²) in [6.07, 6.45) is 3.34. The number of nitrogens with zero attached hydrogens (tertiary/aromatic N) is 1. The van der Waals surface area contributed by atoms with Crippen LogP contribution in [0, 0.1) is 0 Å². The van der Waals surface area contributed by atoms with Gasteiger partial charge in [-0.25, -0.2) is 0 Å². The van der Waals surface area contributed by atoms with Crippen molar-refractivity contribution in [1.82, 2.24) is 4.57 Å². The standard InChI is InChI=1S/C15H15NO3S/c1-20-11-4-2-10(3-5-11)15-13-14(18)12(17)6-7-16(13)8-9-19-15/h2-7,15,18H,8-9H2,1H3. The summed E-state index contributed by atoms with van der Waals surface area (Å²) in [6.45, 7) is 1.20. The van der Waals surface area contributed by atoms with Crippen LogP contribution in [0.4, 0.5) is 0 Å². The Morgan fingerprint density at radius 1 is 1.30 bits per heavy atom. The molecule has 2 heterocycles. The molecule has 0 radical (unpaired) electrons. The second-order valence-corrected chi connectivity index (χ2v) is 5.51. The molecule has 1 atom stereocenters. The monoisotopic (exact) mass is 289 g/mol. The minimum atomic E-state index is -0.395. The Balaban J connectivity index is 2.08. The van der Waals surface area contributed by atoms with Gasteiger partial charge in [0.15, 0.2) is 5.75 Å². The third-order valence-corrected chi connectivity index (χ3v) is 4.22. The summed E-state index contributed by atoms with van der Waals surface area (Å²) in [7, 11) is 0. The van der Waals surface area contributed by atoms with E-state index in [4.69, 9.17) is 4.74 Å². The maximum atomic E-state index is 11.6. The molecule has 1 aromatic carbocycles. The molecule has 1 unspecified atom stereocenters. The van der Waals surface area contributed by atoms with Crippen molar-refractivity contribution in [2.24, 2.45) is 0 Å². The predicted octanol–water partition coefficient (Wildman–Crippen LogP) is 2.40. The van der Waals surface area contributed by atoms with Gasteiger partial charge in [-0.15, -0.1) is 11.8 Å². The molecule has 2 aromatic rings. The molecule has 1 aliphatic rings. The van der Waals surface area contributed by atoms with Crippen LogP contribution in [-0.4, -0.2) is 22.5 Å². The Morgan fingerprint density at radius 3 is 2.75 bits per heavy atom. The Kier molecular flexibility index (Phi) is 3.54. The first-order chi connectivity index (χ1) is 9.70. The number of benzene rings is 1. The number of aromatic hydroxyl groups is 1. The van der Waals surface area contributed by atoms with Gasteiger partial charge in [0.1, 0.15) is 6.10 Å². The van der Waals surface area contributed by atoms with Crippen LogP contribution in [0.15, 0.2) is 46.2 Å². The Morgan fingerprint density at radius 2 is 2.05 bits per heavy atom. The largest absolute Gasteiger partial charge is 0.503 e. The molecule has 5 heteroatoms. The fourth-order valence-electron chi connectivity index (χ4n) is 2.43. The summed E-state index contributed by atoms with van der Waals surface area (Å²) in [5, 5.41) is 10.1. The van der Waals surface area contributed by atoms with Crippen molar-refractivity contribution in [3.63, 3.8) is 0 Å². The molecular weight excluding hydrogens is 274 g/mol. The lowest BCUT2D eigenvalue weighted by atomic mass is 10.0. The molecule has 104 valence electrons. The minimum Gasteiger partial charge on any atom is -0.503 e. The number of ether oxygens (including phenoxy) is 1. The highest BCUT2D eigenvalue weighted by Crippen LogP contribution is 2.33. The van der Waals surface area contributed by atoms with Gasteiger partial charge in [0.05, 0.1) is 12.3 Å². The topological polar surface area (TPSA) is 51.5 Å². The normalized spacial score (nSPS) is 17.8. The average Bonchev–Trinajstić information content (AvgIpc) is 2.50. The molecule has 1 aliphatic heterocycles. The molecule has 1 N–H and O–H groups in total. The zero-order valence-electron chi connectivity index (χ0n) is 11.1. The molecular formula is C15H15NO3S. The SMILES string of the molecule is CSc1ccc(C2OCCn3ccc(=O)c(O)c32)cc1. The summed E-state index contributed by atoms with van der Waals surface area (Å²) in [6, 6.07) is 9.37. The predicted molar refractivity (Wildman–Crippen MR) is 78.4 cm³/mol. The summed E-state index contributed by atoms with van der Waals surface area (Å²) >= 11 is 1.67. The van der Waals surface area contributed by atoms with Crippen LogP contribution in [0.3, 0.4) is 0 Å². The molecule has 0 spiro atoms. The van der Waals surface area contributed by atoms with E-state index in [1.165, 1.54) is 11.0 Å². The number of aromatic nitrogens is 1. The van der Waals surface area contributed by atoms with Gasteiger partial charge >= 0.3 is 0 Å². The van der Waals surface area contributed by atoms with Gasteiger partial charge in [0.25, 0.3) is 0 Å². The van der Waals surface area contributed by atoms with Crippen molar-refractivity contribution in [2.45, 2.75) is 17.5 Å². The smallest absolute Gasteiger partial charge is 0.223 e. The second-order valence-electron chi connectivity index (χ2n) is 4.63. The molecule has 1 aromatic heterocycles. The van der Waals surface area contributed by atoms with Crippen LogP contribution in [0.1, 0.15) is 17.4 Å². The summed E-state index contributed by atoms with van der Waals surface area (Å²) < 4.78 is 7.66. The van der Waals surface area contributed by atoms with Crippen LogP contribution in [-0.2, 0) is 11.3 Å². The maximum absolute atomic E-state index is 11.6. The molecule has 0 aliphatic carbocycles. The van der Waals surface area contributed by atoms with Crippen molar-refractivity contribution >= 4 is 11.8 Å². The molecule has 0 amide bonds. The first kappa shape index (κ1) is 13.3. The lowest BCUT2D eigenvalue weighted by molar-refractivity contribution is 0.0428. The van der Waals surface area contributed by atoms with E-state index < -0.39 is 6.10 Å². The van der Waals surface area contributed by atoms with Gasteiger partial charge in [-0.2, -0.15) is 0 Å². The van der Waals surface area contributed by atoms with Gasteiger partial charge in [-0.05, 0) is 24.0 Å². The quantitative estimate of drug-likeness (QED) is 0.863. The van der Waals surface area contributed by atoms with Crippen molar-refractivity contribution in [3.05, 3.63) is 58.0 Å². The molecule has 20 heavy (non-hydrogen) atoms. The van der Waals surface area contributed by atoms with E-state index in [1.807, 2.05) is 35.1 Å². The van der Waals surface area contributed by atoms with E-state index in [0.717, 1.165) is 5.56 Å². The summed E-state index contributed by atoms with van der Waals surface area (Å²) in [5.74, 6) is -0.217. The molecule has 3 rings (SSSR count). The van der Waals surface area contributed by atoms with Crippen LogP contribution in [0.2, 0.25) is 0 Å². The van der Waals surface area contributed by atoms with E-state index in [0.29, 0.717) is 18.8 Å². The minimum absolute atomic E-state index is 0.217. The number of hydrogen-bond donors (Lipinski definition) is 1. The molecule has 4 nitrogen and oxygen atoms in total. The fourth-order valence-corrected chi connectivity index (χ4v) is 2.84. The number of pyridine rings is 1. The highest BCUT2D eigenvalue weighted by Gasteiger charge is 2.26. The zero-order valence-corrected chi connectivity index (χ0v) is 11.9. The average molecular weight is 289 g/mol. The van der Waals surface area contributed by atoms with E-state index in [1.54, 1.807) is 18.0 Å². The van der Waals surface area contributed by atoms with Crippen molar-refractivity contribution < 1.29 is 9.84 Å². The van der Waals surface area contributed by atoms with Crippen LogP contribution in [0.5, 0.6) is 5.75 Å². The van der Waals surface area contributed by atoms with Crippen LogP contribution >= 0.6 is 11.8 Å². The Bertz CT molecular complexity index is 679. The van der Waals surface area contributed by atoms with Crippen LogP contribution in [0.25, 0.3) is 0 Å². The van der Waals surface area contributed by atoms with Crippen molar-refractivity contribution in [2.75, 3.05) is 12.9 Å². The number of thioether (sulfide) groups is 1. The third kappa shape index (κ3) is 2.23. The first-order valence-electron chi connectivity index (χ1n) is 6.38. The lowest BCUT2D eigenvalue weighted by Gasteiger charge is -2.28. The molecule has 0 fully saturated rings. The second kappa shape index (κ2) is 5.34. The molecule has 0 saturated heterocycles. The van der Waals surface area contributed by atoms with Crippen molar-refractivity contribution in [1.29, 1.82) is 0 Å². The maximum Gasteiger partial charge on any atom is 0.223 e. The van der Waals surface area contributed by atoms with E-state index in [2.05, 4.69) is 0 Å². The number of rotatable bonds is 2. The van der Waals surface area contributed by atoms with E-state index in [9.17, 15) is 9.90 Å². The number of fused-ring (bicyclic) bond motifs is 1. The summed E-state index contributed by atoms with van der Waals surface area (Å²) in [4.78, 5) is 12.8. The first-order valence-corrected chi connectivity index (χ1v) is 7.61. The van der Waals surface area contributed by atoms with Gasteiger partial charge in [-0.1, -0.05) is 12.1 Å². The van der Waals surface area contributed by atoms with Gasteiger partial charge in [0.2, 0.25) is 5.43 Å². The highest BCUT2D eigenvalue weighted by molar-refractivity contribution is 7.98. The van der Waals surface area contributed by atoms with Gasteiger partial charge < -0.3 is 14.4 Å². The van der Waals surface area contributed by atoms with E-state index in [-0.39, 0.29) is 11.2 Å². The van der Waals surface area contributed by atoms with Gasteiger partial charge in [-0.3, -0.25) is 4.79 Å². The third-order valence-electron chi connectivity index (χ3n) is 3.47. The van der Waals surface area contributed by atoms with E-state index >= 15 is 0 Å². The lowest BCUT2D eigenvalue weighted by Crippen LogP contribution is -2.26. The Hall–Kier alpha value is -1.72. The van der Waals surface area contributed by atoms with Crippen LogP contribution < -0.4 is 5.43 Å². The molecule has 0 saturated carbocycles.